The molecule has 0 aromatic carbocycles. The van der Waals surface area contributed by atoms with E-state index in [2.05, 4.69) is 15.5 Å². The molecule has 0 spiro atoms. The Bertz CT molecular complexity index is 345. The zero-order chi connectivity index (χ0) is 10.7. The van der Waals surface area contributed by atoms with E-state index in [4.69, 9.17) is 4.74 Å². The molecular formula is C8H13N5O2. The van der Waals surface area contributed by atoms with Gasteiger partial charge in [-0.1, -0.05) is 0 Å². The van der Waals surface area contributed by atoms with Crippen LogP contribution in [0.2, 0.25) is 0 Å². The number of aryl methyl sites for hydroxylation is 1. The molecule has 1 aromatic heterocycles. The van der Waals surface area contributed by atoms with Crippen LogP contribution in [0.25, 0.3) is 0 Å². The van der Waals surface area contributed by atoms with Crippen molar-refractivity contribution in [2.75, 3.05) is 26.3 Å². The minimum Gasteiger partial charge on any atom is -0.378 e. The molecule has 2 rings (SSSR count). The summed E-state index contributed by atoms with van der Waals surface area (Å²) in [7, 11) is 0. The number of tetrazole rings is 1. The summed E-state index contributed by atoms with van der Waals surface area (Å²) < 4.78 is 6.67. The van der Waals surface area contributed by atoms with Gasteiger partial charge in [0, 0.05) is 13.1 Å². The standard InChI is InChI=1S/C8H13N5O2/c1-7-9-10-11-13(7)6-8(14)12-2-4-15-5-3-12/h2-6H2,1H3. The average molecular weight is 211 g/mol. The van der Waals surface area contributed by atoms with E-state index in [0.29, 0.717) is 32.1 Å². The minimum absolute atomic E-state index is 0.0358. The predicted octanol–water partition coefficient (Wildman–Crippen LogP) is -1.16. The van der Waals surface area contributed by atoms with Crippen molar-refractivity contribution in [1.29, 1.82) is 0 Å². The summed E-state index contributed by atoms with van der Waals surface area (Å²) in [6.45, 7) is 4.51. The van der Waals surface area contributed by atoms with Crippen LogP contribution in [0.5, 0.6) is 0 Å². The van der Waals surface area contributed by atoms with E-state index in [-0.39, 0.29) is 12.5 Å². The Hall–Kier alpha value is -1.50. The highest BCUT2D eigenvalue weighted by molar-refractivity contribution is 5.76. The molecule has 1 aliphatic rings. The number of nitrogens with zero attached hydrogens (tertiary/aromatic N) is 5. The fourth-order valence-electron chi connectivity index (χ4n) is 1.44. The second kappa shape index (κ2) is 4.35. The number of carbonyl (C=O) groups is 1. The lowest BCUT2D eigenvalue weighted by atomic mass is 10.4. The maximum atomic E-state index is 11.8. The summed E-state index contributed by atoms with van der Waals surface area (Å²) in [4.78, 5) is 13.5. The van der Waals surface area contributed by atoms with Crippen molar-refractivity contribution in [2.45, 2.75) is 13.5 Å². The van der Waals surface area contributed by atoms with Crippen LogP contribution in [-0.2, 0) is 16.1 Å². The van der Waals surface area contributed by atoms with Gasteiger partial charge in [-0.2, -0.15) is 0 Å². The summed E-state index contributed by atoms with van der Waals surface area (Å²) in [6, 6.07) is 0. The van der Waals surface area contributed by atoms with Gasteiger partial charge in [-0.25, -0.2) is 4.68 Å². The number of morpholine rings is 1. The van der Waals surface area contributed by atoms with Crippen molar-refractivity contribution < 1.29 is 9.53 Å². The summed E-state index contributed by atoms with van der Waals surface area (Å²) in [5.41, 5.74) is 0. The second-order valence-corrected chi connectivity index (χ2v) is 3.38. The molecule has 82 valence electrons. The largest absolute Gasteiger partial charge is 0.378 e. The summed E-state index contributed by atoms with van der Waals surface area (Å²) in [6.07, 6.45) is 0. The summed E-state index contributed by atoms with van der Waals surface area (Å²) in [5.74, 6) is 0.685. The van der Waals surface area contributed by atoms with Crippen LogP contribution in [0.1, 0.15) is 5.82 Å². The van der Waals surface area contributed by atoms with Gasteiger partial charge in [-0.05, 0) is 17.4 Å². The van der Waals surface area contributed by atoms with Gasteiger partial charge in [-0.15, -0.1) is 5.10 Å². The normalized spacial score (nSPS) is 16.7. The van der Waals surface area contributed by atoms with Gasteiger partial charge in [0.05, 0.1) is 13.2 Å². The van der Waals surface area contributed by atoms with Gasteiger partial charge in [0.2, 0.25) is 5.91 Å². The third-order valence-electron chi connectivity index (χ3n) is 2.36. The van der Waals surface area contributed by atoms with E-state index in [0.717, 1.165) is 0 Å². The molecule has 1 saturated heterocycles. The van der Waals surface area contributed by atoms with E-state index in [1.165, 1.54) is 4.68 Å². The van der Waals surface area contributed by atoms with Crippen molar-refractivity contribution in [2.24, 2.45) is 0 Å². The molecule has 0 N–H and O–H groups in total. The third kappa shape index (κ3) is 2.30. The van der Waals surface area contributed by atoms with Gasteiger partial charge in [0.1, 0.15) is 12.4 Å². The summed E-state index contributed by atoms with van der Waals surface area (Å²) in [5, 5.41) is 10.9. The fraction of sp³-hybridized carbons (Fsp3) is 0.750. The number of amides is 1. The molecule has 0 radical (unpaired) electrons. The summed E-state index contributed by atoms with van der Waals surface area (Å²) >= 11 is 0. The van der Waals surface area contributed by atoms with E-state index in [9.17, 15) is 4.79 Å². The fourth-order valence-corrected chi connectivity index (χ4v) is 1.44. The van der Waals surface area contributed by atoms with Crippen LogP contribution in [0.3, 0.4) is 0 Å². The number of hydrogen-bond acceptors (Lipinski definition) is 5. The van der Waals surface area contributed by atoms with Gasteiger partial charge in [-0.3, -0.25) is 4.79 Å². The van der Waals surface area contributed by atoms with E-state index < -0.39 is 0 Å². The van der Waals surface area contributed by atoms with Gasteiger partial charge in [0.25, 0.3) is 0 Å². The highest BCUT2D eigenvalue weighted by Gasteiger charge is 2.18. The highest BCUT2D eigenvalue weighted by atomic mass is 16.5. The molecule has 7 nitrogen and oxygen atoms in total. The molecule has 0 saturated carbocycles. The molecule has 1 amide bonds. The van der Waals surface area contributed by atoms with E-state index in [1.54, 1.807) is 11.8 Å². The predicted molar refractivity (Wildman–Crippen MR) is 50.0 cm³/mol. The molecule has 15 heavy (non-hydrogen) atoms. The Balaban J connectivity index is 1.94. The molecule has 1 aromatic rings. The van der Waals surface area contributed by atoms with Crippen LogP contribution >= 0.6 is 0 Å². The Kier molecular flexibility index (Phi) is 2.91. The number of ether oxygens (including phenoxy) is 1. The molecule has 0 bridgehead atoms. The maximum Gasteiger partial charge on any atom is 0.244 e. The lowest BCUT2D eigenvalue weighted by Crippen LogP contribution is -2.42. The van der Waals surface area contributed by atoms with Crippen LogP contribution in [0, 0.1) is 6.92 Å². The molecular weight excluding hydrogens is 198 g/mol. The Morgan fingerprint density at radius 1 is 1.47 bits per heavy atom. The zero-order valence-corrected chi connectivity index (χ0v) is 8.59. The highest BCUT2D eigenvalue weighted by Crippen LogP contribution is 1.99. The van der Waals surface area contributed by atoms with Crippen molar-refractivity contribution in [1.82, 2.24) is 25.1 Å². The second-order valence-electron chi connectivity index (χ2n) is 3.38. The lowest BCUT2D eigenvalue weighted by molar-refractivity contribution is -0.136. The smallest absolute Gasteiger partial charge is 0.244 e. The maximum absolute atomic E-state index is 11.8. The lowest BCUT2D eigenvalue weighted by Gasteiger charge is -2.26. The minimum atomic E-state index is 0.0358. The first-order valence-electron chi connectivity index (χ1n) is 4.85. The van der Waals surface area contributed by atoms with E-state index in [1.807, 2.05) is 0 Å². The number of carbonyl (C=O) groups excluding carboxylic acids is 1. The third-order valence-corrected chi connectivity index (χ3v) is 2.36. The Morgan fingerprint density at radius 3 is 2.80 bits per heavy atom. The Labute approximate surface area is 87.0 Å². The van der Waals surface area contributed by atoms with Crippen LogP contribution in [0.15, 0.2) is 0 Å². The number of rotatable bonds is 2. The molecule has 1 fully saturated rings. The first-order chi connectivity index (χ1) is 7.27. The first-order valence-corrected chi connectivity index (χ1v) is 4.85. The van der Waals surface area contributed by atoms with E-state index >= 15 is 0 Å². The number of aromatic nitrogens is 4. The van der Waals surface area contributed by atoms with Crippen molar-refractivity contribution in [3.05, 3.63) is 5.82 Å². The average Bonchev–Trinajstić information content (AvgIpc) is 2.66. The van der Waals surface area contributed by atoms with Crippen molar-refractivity contribution in [3.63, 3.8) is 0 Å². The molecule has 0 aliphatic carbocycles. The van der Waals surface area contributed by atoms with Crippen molar-refractivity contribution >= 4 is 5.91 Å². The van der Waals surface area contributed by atoms with Gasteiger partial charge < -0.3 is 9.64 Å². The molecule has 0 unspecified atom stereocenters. The van der Waals surface area contributed by atoms with Crippen molar-refractivity contribution in [3.8, 4) is 0 Å². The number of hydrogen-bond donors (Lipinski definition) is 0. The van der Waals surface area contributed by atoms with Gasteiger partial charge >= 0.3 is 0 Å². The quantitative estimate of drug-likeness (QED) is 0.617. The van der Waals surface area contributed by atoms with Crippen LogP contribution in [-0.4, -0.2) is 57.3 Å². The zero-order valence-electron chi connectivity index (χ0n) is 8.59. The monoisotopic (exact) mass is 211 g/mol. The molecule has 7 heteroatoms. The van der Waals surface area contributed by atoms with Crippen LogP contribution in [0.4, 0.5) is 0 Å². The first kappa shape index (κ1) is 10.0. The molecule has 2 heterocycles. The topological polar surface area (TPSA) is 73.1 Å². The SMILES string of the molecule is Cc1nnnn1CC(=O)N1CCOCC1. The van der Waals surface area contributed by atoms with Crippen LogP contribution < -0.4 is 0 Å². The van der Waals surface area contributed by atoms with Gasteiger partial charge in [0.15, 0.2) is 0 Å². The molecule has 1 aliphatic heterocycles. The molecule has 0 atom stereocenters. The Morgan fingerprint density at radius 2 is 2.20 bits per heavy atom.